The lowest BCUT2D eigenvalue weighted by Gasteiger charge is -2.48. The maximum Gasteiger partial charge on any atom is 0.249 e. The van der Waals surface area contributed by atoms with Crippen molar-refractivity contribution in [2.75, 3.05) is 18.0 Å². The molecule has 0 radical (unpaired) electrons. The minimum absolute atomic E-state index is 0.0434. The monoisotopic (exact) mass is 462 g/mol. The molecule has 3 heterocycles. The van der Waals surface area contributed by atoms with Gasteiger partial charge in [0.2, 0.25) is 5.56 Å². The van der Waals surface area contributed by atoms with Gasteiger partial charge in [-0.05, 0) is 72.8 Å². The van der Waals surface area contributed by atoms with E-state index in [1.54, 1.807) is 12.3 Å². The highest BCUT2D eigenvalue weighted by molar-refractivity contribution is 5.63. The van der Waals surface area contributed by atoms with Crippen LogP contribution in [0.25, 0.3) is 11.3 Å². The summed E-state index contributed by atoms with van der Waals surface area (Å²) < 4.78 is 29.0. The van der Waals surface area contributed by atoms with E-state index in [0.29, 0.717) is 5.92 Å². The number of piperidine rings is 1. The van der Waals surface area contributed by atoms with E-state index < -0.39 is 11.6 Å². The van der Waals surface area contributed by atoms with Gasteiger partial charge in [-0.15, -0.1) is 0 Å². The minimum Gasteiger partial charge on any atom is -0.371 e. The zero-order valence-electron chi connectivity index (χ0n) is 19.4. The predicted octanol–water partition coefficient (Wildman–Crippen LogP) is 5.18. The van der Waals surface area contributed by atoms with E-state index in [2.05, 4.69) is 28.8 Å². The van der Waals surface area contributed by atoms with Crippen molar-refractivity contribution in [3.63, 3.8) is 0 Å². The maximum absolute atomic E-state index is 14.5. The zero-order chi connectivity index (χ0) is 23.7. The van der Waals surface area contributed by atoms with Crippen molar-refractivity contribution in [3.05, 3.63) is 75.8 Å². The Morgan fingerprint density at radius 1 is 1.09 bits per heavy atom. The summed E-state index contributed by atoms with van der Waals surface area (Å²) in [7, 11) is 0. The van der Waals surface area contributed by atoms with Crippen LogP contribution in [-0.2, 0) is 5.41 Å². The number of nitrogens with zero attached hydrogens (tertiary/aromatic N) is 3. The second kappa shape index (κ2) is 7.45. The molecule has 7 heteroatoms. The highest BCUT2D eigenvalue weighted by Gasteiger charge is 2.66. The predicted molar refractivity (Wildman–Crippen MR) is 127 cm³/mol. The van der Waals surface area contributed by atoms with E-state index in [1.165, 1.54) is 18.2 Å². The third-order valence-corrected chi connectivity index (χ3v) is 8.93. The number of aromatic amines is 1. The number of hydrogen-bond acceptors (Lipinski definition) is 4. The standard InChI is InChI=1S/C27H28F2N4O/c1-26(2)19-8-10-27(26,16-5-4-12-33(15-16)17-9-11-30-23(34)13-17)25-18(19)14-22(31-32-25)24-20(28)6-3-7-21(24)29/h3,6-7,9,11,13-14,16,19H,4-5,8,10,12,15H2,1-2H3,(H,30,34)/t16-,19-,27-/m0/s1. The average Bonchev–Trinajstić information content (AvgIpc) is 3.20. The van der Waals surface area contributed by atoms with Gasteiger partial charge in [0.25, 0.3) is 0 Å². The molecule has 1 saturated carbocycles. The average molecular weight is 463 g/mol. The lowest BCUT2D eigenvalue weighted by Crippen LogP contribution is -2.50. The van der Waals surface area contributed by atoms with E-state index in [1.807, 2.05) is 12.1 Å². The topological polar surface area (TPSA) is 61.9 Å². The fraction of sp³-hybridized carbons (Fsp3) is 0.444. The smallest absolute Gasteiger partial charge is 0.249 e. The molecule has 0 spiro atoms. The van der Waals surface area contributed by atoms with Gasteiger partial charge >= 0.3 is 0 Å². The van der Waals surface area contributed by atoms with Crippen LogP contribution < -0.4 is 10.5 Å². The minimum atomic E-state index is -0.618. The van der Waals surface area contributed by atoms with Crippen LogP contribution in [0.15, 0.2) is 47.4 Å². The molecular weight excluding hydrogens is 434 g/mol. The molecule has 1 aromatic carbocycles. The first-order valence-corrected chi connectivity index (χ1v) is 12.1. The number of benzene rings is 1. The number of halogens is 2. The summed E-state index contributed by atoms with van der Waals surface area (Å²) >= 11 is 0. The molecular formula is C27H28F2N4O. The molecule has 1 aliphatic heterocycles. The van der Waals surface area contributed by atoms with Gasteiger partial charge in [-0.1, -0.05) is 19.9 Å². The molecule has 3 aromatic rings. The molecule has 0 unspecified atom stereocenters. The Balaban J connectivity index is 1.42. The first-order chi connectivity index (χ1) is 16.3. The second-order valence-electron chi connectivity index (χ2n) is 10.6. The van der Waals surface area contributed by atoms with E-state index in [-0.39, 0.29) is 33.6 Å². The summed E-state index contributed by atoms with van der Waals surface area (Å²) in [4.78, 5) is 16.9. The highest BCUT2D eigenvalue weighted by atomic mass is 19.1. The molecule has 2 aliphatic carbocycles. The van der Waals surface area contributed by atoms with Crippen molar-refractivity contribution in [2.45, 2.75) is 50.9 Å². The number of H-pyrrole nitrogens is 1. The molecule has 1 saturated heterocycles. The van der Waals surface area contributed by atoms with E-state index in [4.69, 9.17) is 5.10 Å². The Morgan fingerprint density at radius 2 is 1.88 bits per heavy atom. The number of rotatable bonds is 3. The van der Waals surface area contributed by atoms with Crippen LogP contribution in [0, 0.1) is 23.0 Å². The van der Waals surface area contributed by atoms with Crippen molar-refractivity contribution in [1.29, 1.82) is 0 Å². The third-order valence-electron chi connectivity index (χ3n) is 8.93. The Labute approximate surface area is 197 Å². The highest BCUT2D eigenvalue weighted by Crippen LogP contribution is 2.70. The summed E-state index contributed by atoms with van der Waals surface area (Å²) in [6, 6.07) is 9.40. The van der Waals surface area contributed by atoms with Crippen LogP contribution in [0.1, 0.15) is 56.7 Å². The Hall–Kier alpha value is -3.09. The van der Waals surface area contributed by atoms with Crippen LogP contribution in [0.4, 0.5) is 14.5 Å². The molecule has 2 aromatic heterocycles. The van der Waals surface area contributed by atoms with Crippen molar-refractivity contribution < 1.29 is 8.78 Å². The van der Waals surface area contributed by atoms with Gasteiger partial charge in [0.15, 0.2) is 0 Å². The van der Waals surface area contributed by atoms with E-state index in [0.717, 1.165) is 55.7 Å². The molecule has 34 heavy (non-hydrogen) atoms. The van der Waals surface area contributed by atoms with Gasteiger partial charge in [-0.2, -0.15) is 10.2 Å². The molecule has 1 N–H and O–H groups in total. The van der Waals surface area contributed by atoms with Gasteiger partial charge in [0.1, 0.15) is 11.6 Å². The number of aromatic nitrogens is 3. The molecule has 176 valence electrons. The van der Waals surface area contributed by atoms with Gasteiger partial charge < -0.3 is 9.88 Å². The van der Waals surface area contributed by atoms with Gasteiger partial charge in [-0.25, -0.2) is 8.78 Å². The number of anilines is 1. The Bertz CT molecular complexity index is 1320. The lowest BCUT2D eigenvalue weighted by atomic mass is 9.59. The Kier molecular flexibility index (Phi) is 4.70. The van der Waals surface area contributed by atoms with Crippen LogP contribution in [0.3, 0.4) is 0 Å². The van der Waals surface area contributed by atoms with Crippen molar-refractivity contribution in [2.24, 2.45) is 11.3 Å². The van der Waals surface area contributed by atoms with Gasteiger partial charge in [0, 0.05) is 36.5 Å². The molecule has 3 aliphatic rings. The fourth-order valence-electron chi connectivity index (χ4n) is 7.38. The Morgan fingerprint density at radius 3 is 2.65 bits per heavy atom. The van der Waals surface area contributed by atoms with Gasteiger partial charge in [-0.3, -0.25) is 4.79 Å². The van der Waals surface area contributed by atoms with Crippen LogP contribution in [0.5, 0.6) is 0 Å². The molecule has 0 amide bonds. The largest absolute Gasteiger partial charge is 0.371 e. The fourth-order valence-corrected chi connectivity index (χ4v) is 7.38. The number of fused-ring (bicyclic) bond motifs is 5. The first kappa shape index (κ1) is 21.4. The molecule has 6 rings (SSSR count). The third kappa shape index (κ3) is 2.85. The second-order valence-corrected chi connectivity index (χ2v) is 10.6. The summed E-state index contributed by atoms with van der Waals surface area (Å²) in [5, 5.41) is 9.06. The lowest BCUT2D eigenvalue weighted by molar-refractivity contribution is 0.112. The quantitative estimate of drug-likeness (QED) is 0.583. The van der Waals surface area contributed by atoms with Crippen LogP contribution in [0.2, 0.25) is 0 Å². The SMILES string of the molecule is CC1(C)[C@H]2CC[C@]1([C@H]1CCCN(c3cc[nH]c(=O)c3)C1)c1nnc(-c3c(F)cccc3F)cc12. The molecule has 2 fully saturated rings. The van der Waals surface area contributed by atoms with Crippen molar-refractivity contribution in [1.82, 2.24) is 15.2 Å². The number of hydrogen-bond donors (Lipinski definition) is 1. The number of nitrogens with one attached hydrogen (secondary N) is 1. The summed E-state index contributed by atoms with van der Waals surface area (Å²) in [5.41, 5.74) is 2.93. The number of pyridine rings is 1. The van der Waals surface area contributed by atoms with Gasteiger partial charge in [0.05, 0.1) is 17.0 Å². The first-order valence-electron chi connectivity index (χ1n) is 12.1. The normalized spacial score (nSPS) is 27.1. The van der Waals surface area contributed by atoms with Crippen molar-refractivity contribution >= 4 is 5.69 Å². The molecule has 5 nitrogen and oxygen atoms in total. The van der Waals surface area contributed by atoms with Crippen LogP contribution >= 0.6 is 0 Å². The summed E-state index contributed by atoms with van der Waals surface area (Å²) in [5.74, 6) is -0.604. The molecule has 3 atom stereocenters. The van der Waals surface area contributed by atoms with E-state index >= 15 is 0 Å². The summed E-state index contributed by atoms with van der Waals surface area (Å²) in [6.45, 7) is 6.41. The summed E-state index contributed by atoms with van der Waals surface area (Å²) in [6.07, 6.45) is 5.90. The van der Waals surface area contributed by atoms with Crippen molar-refractivity contribution in [3.8, 4) is 11.3 Å². The van der Waals surface area contributed by atoms with E-state index in [9.17, 15) is 13.6 Å². The maximum atomic E-state index is 14.5. The zero-order valence-corrected chi connectivity index (χ0v) is 19.4. The molecule has 2 bridgehead atoms. The van der Waals surface area contributed by atoms with Crippen LogP contribution in [-0.4, -0.2) is 28.3 Å².